The third-order valence-corrected chi connectivity index (χ3v) is 2.53. The van der Waals surface area contributed by atoms with Crippen molar-refractivity contribution in [3.8, 4) is 0 Å². The lowest BCUT2D eigenvalue weighted by Gasteiger charge is -2.31. The molecule has 1 unspecified atom stereocenters. The van der Waals surface area contributed by atoms with Crippen molar-refractivity contribution in [1.29, 1.82) is 0 Å². The van der Waals surface area contributed by atoms with Crippen molar-refractivity contribution in [2.75, 3.05) is 6.54 Å². The highest BCUT2D eigenvalue weighted by atomic mass is 15.3. The van der Waals surface area contributed by atoms with Crippen LogP contribution < -0.4 is 5.32 Å². The van der Waals surface area contributed by atoms with Gasteiger partial charge in [0.25, 0.3) is 0 Å². The van der Waals surface area contributed by atoms with E-state index in [0.29, 0.717) is 6.17 Å². The summed E-state index contributed by atoms with van der Waals surface area (Å²) in [4.78, 5) is 2.30. The topological polar surface area (TPSA) is 15.3 Å². The zero-order valence-electron chi connectivity index (χ0n) is 8.48. The number of nitrogens with one attached hydrogen (secondary N) is 1. The Kier molecular flexibility index (Phi) is 2.84. The van der Waals surface area contributed by atoms with Crippen LogP contribution in [0.25, 0.3) is 0 Å². The fourth-order valence-electron chi connectivity index (χ4n) is 1.66. The van der Waals surface area contributed by atoms with E-state index in [1.165, 1.54) is 5.56 Å². The molecule has 0 bridgehead atoms. The molecule has 0 aliphatic carbocycles. The first kappa shape index (κ1) is 9.28. The summed E-state index contributed by atoms with van der Waals surface area (Å²) in [5.74, 6) is 0. The highest BCUT2D eigenvalue weighted by Gasteiger charge is 2.11. The van der Waals surface area contributed by atoms with Gasteiger partial charge in [-0.15, -0.1) is 0 Å². The lowest BCUT2D eigenvalue weighted by atomic mass is 10.2. The number of hydrogen-bond donors (Lipinski definition) is 1. The number of nitrogens with zero attached hydrogens (tertiary/aromatic N) is 1. The average Bonchev–Trinajstić information content (AvgIpc) is 2.23. The third kappa shape index (κ3) is 2.15. The van der Waals surface area contributed by atoms with Crippen molar-refractivity contribution >= 4 is 0 Å². The van der Waals surface area contributed by atoms with Crippen molar-refractivity contribution in [2.24, 2.45) is 0 Å². The van der Waals surface area contributed by atoms with Crippen LogP contribution in [0, 0.1) is 0 Å². The number of benzene rings is 1. The van der Waals surface area contributed by atoms with E-state index in [1.807, 2.05) is 0 Å². The van der Waals surface area contributed by atoms with Gasteiger partial charge in [-0.05, 0) is 18.7 Å². The summed E-state index contributed by atoms with van der Waals surface area (Å²) < 4.78 is 0. The van der Waals surface area contributed by atoms with Gasteiger partial charge in [0.15, 0.2) is 0 Å². The largest absolute Gasteiger partial charge is 0.358 e. The van der Waals surface area contributed by atoms with Crippen LogP contribution in [0.3, 0.4) is 0 Å². The Morgan fingerprint density at radius 1 is 1.36 bits per heavy atom. The predicted molar refractivity (Wildman–Crippen MR) is 58.6 cm³/mol. The van der Waals surface area contributed by atoms with Crippen LogP contribution in [0.5, 0.6) is 0 Å². The van der Waals surface area contributed by atoms with E-state index in [2.05, 4.69) is 59.7 Å². The van der Waals surface area contributed by atoms with Crippen molar-refractivity contribution in [3.63, 3.8) is 0 Å². The van der Waals surface area contributed by atoms with Gasteiger partial charge in [-0.2, -0.15) is 0 Å². The van der Waals surface area contributed by atoms with Gasteiger partial charge in [0.05, 0.1) is 6.17 Å². The molecule has 1 atom stereocenters. The zero-order valence-corrected chi connectivity index (χ0v) is 8.48. The minimum absolute atomic E-state index is 0.431. The number of rotatable bonds is 2. The molecule has 1 N–H and O–H groups in total. The smallest absolute Gasteiger partial charge is 0.0767 e. The summed E-state index contributed by atoms with van der Waals surface area (Å²) in [6, 6.07) is 10.5. The summed E-state index contributed by atoms with van der Waals surface area (Å²) >= 11 is 0. The van der Waals surface area contributed by atoms with E-state index in [-0.39, 0.29) is 0 Å². The third-order valence-electron chi connectivity index (χ3n) is 2.53. The van der Waals surface area contributed by atoms with Gasteiger partial charge < -0.3 is 4.90 Å². The highest BCUT2D eigenvalue weighted by Crippen LogP contribution is 2.09. The molecule has 0 fully saturated rings. The molecule has 1 aromatic rings. The molecule has 0 aromatic heterocycles. The molecule has 0 saturated heterocycles. The van der Waals surface area contributed by atoms with E-state index in [1.54, 1.807) is 0 Å². The van der Waals surface area contributed by atoms with Crippen LogP contribution in [-0.2, 0) is 6.54 Å². The predicted octanol–water partition coefficient (Wildman–Crippen LogP) is 1.95. The van der Waals surface area contributed by atoms with E-state index in [0.717, 1.165) is 13.1 Å². The molecule has 0 saturated carbocycles. The van der Waals surface area contributed by atoms with Crippen LogP contribution in [0.2, 0.25) is 0 Å². The van der Waals surface area contributed by atoms with Crippen LogP contribution >= 0.6 is 0 Å². The minimum Gasteiger partial charge on any atom is -0.358 e. The zero-order chi connectivity index (χ0) is 9.80. The first-order valence-electron chi connectivity index (χ1n) is 5.06. The first-order valence-corrected chi connectivity index (χ1v) is 5.06. The van der Waals surface area contributed by atoms with Crippen molar-refractivity contribution in [1.82, 2.24) is 10.2 Å². The Labute approximate surface area is 85.2 Å². The Morgan fingerprint density at radius 2 is 2.14 bits per heavy atom. The number of hydrogen-bond acceptors (Lipinski definition) is 2. The Balaban J connectivity index is 2.03. The molecule has 0 radical (unpaired) electrons. The summed E-state index contributed by atoms with van der Waals surface area (Å²) in [6.45, 7) is 4.14. The van der Waals surface area contributed by atoms with Crippen LogP contribution in [0.4, 0.5) is 0 Å². The highest BCUT2D eigenvalue weighted by molar-refractivity contribution is 5.15. The van der Waals surface area contributed by atoms with E-state index in [4.69, 9.17) is 0 Å². The van der Waals surface area contributed by atoms with Gasteiger partial charge in [-0.3, -0.25) is 5.32 Å². The molecule has 0 amide bonds. The van der Waals surface area contributed by atoms with Gasteiger partial charge in [0.1, 0.15) is 0 Å². The standard InChI is InChI=1S/C12H16N2/c1-11-13-8-5-9-14(11)10-12-6-3-2-4-7-12/h2-7,9,11,13H,8,10H2,1H3. The maximum Gasteiger partial charge on any atom is 0.0767 e. The van der Waals surface area contributed by atoms with Gasteiger partial charge in [-0.1, -0.05) is 36.4 Å². The monoisotopic (exact) mass is 188 g/mol. The van der Waals surface area contributed by atoms with Crippen LogP contribution in [0.1, 0.15) is 12.5 Å². The summed E-state index contributed by atoms with van der Waals surface area (Å²) in [5, 5.41) is 3.39. The van der Waals surface area contributed by atoms with Gasteiger partial charge in [0, 0.05) is 13.1 Å². The summed E-state index contributed by atoms with van der Waals surface area (Å²) in [6.07, 6.45) is 4.76. The van der Waals surface area contributed by atoms with E-state index < -0.39 is 0 Å². The van der Waals surface area contributed by atoms with Gasteiger partial charge >= 0.3 is 0 Å². The van der Waals surface area contributed by atoms with Gasteiger partial charge in [0.2, 0.25) is 0 Å². The lowest BCUT2D eigenvalue weighted by molar-refractivity contribution is 0.236. The molecular formula is C12H16N2. The molecule has 1 aromatic carbocycles. The van der Waals surface area contributed by atoms with Crippen molar-refractivity contribution in [2.45, 2.75) is 19.6 Å². The second kappa shape index (κ2) is 4.29. The fraction of sp³-hybridized carbons (Fsp3) is 0.333. The maximum absolute atomic E-state index is 3.39. The normalized spacial score (nSPS) is 21.2. The van der Waals surface area contributed by atoms with Crippen LogP contribution in [-0.4, -0.2) is 17.6 Å². The molecule has 14 heavy (non-hydrogen) atoms. The lowest BCUT2D eigenvalue weighted by Crippen LogP contribution is -2.43. The summed E-state index contributed by atoms with van der Waals surface area (Å²) in [7, 11) is 0. The quantitative estimate of drug-likeness (QED) is 0.763. The first-order chi connectivity index (χ1) is 6.86. The minimum atomic E-state index is 0.431. The Morgan fingerprint density at radius 3 is 2.86 bits per heavy atom. The molecule has 0 spiro atoms. The molecule has 2 rings (SSSR count). The van der Waals surface area contributed by atoms with Gasteiger partial charge in [-0.25, -0.2) is 0 Å². The second-order valence-corrected chi connectivity index (χ2v) is 3.63. The Hall–Kier alpha value is -1.28. The summed E-state index contributed by atoms with van der Waals surface area (Å²) in [5.41, 5.74) is 1.35. The van der Waals surface area contributed by atoms with E-state index in [9.17, 15) is 0 Å². The average molecular weight is 188 g/mol. The maximum atomic E-state index is 3.39. The molecule has 2 nitrogen and oxygen atoms in total. The fourth-order valence-corrected chi connectivity index (χ4v) is 1.66. The second-order valence-electron chi connectivity index (χ2n) is 3.63. The molecule has 2 heteroatoms. The molecule has 74 valence electrons. The molecular weight excluding hydrogens is 172 g/mol. The Bertz CT molecular complexity index is 305. The van der Waals surface area contributed by atoms with Crippen LogP contribution in [0.15, 0.2) is 42.6 Å². The van der Waals surface area contributed by atoms with E-state index >= 15 is 0 Å². The SMILES string of the molecule is CC1NCC=CN1Cc1ccccc1. The van der Waals surface area contributed by atoms with Crippen molar-refractivity contribution in [3.05, 3.63) is 48.2 Å². The molecule has 1 heterocycles. The van der Waals surface area contributed by atoms with Crippen molar-refractivity contribution < 1.29 is 0 Å². The molecule has 1 aliphatic heterocycles. The molecule has 1 aliphatic rings.